The lowest BCUT2D eigenvalue weighted by atomic mass is 9.97. The van der Waals surface area contributed by atoms with Crippen molar-refractivity contribution in [2.45, 2.75) is 6.61 Å². The van der Waals surface area contributed by atoms with Crippen LogP contribution in [-0.4, -0.2) is 29.9 Å². The number of alkyl halides is 2. The number of carbonyl (C=O) groups excluding carboxylic acids is 2. The van der Waals surface area contributed by atoms with E-state index in [2.05, 4.69) is 16.6 Å². The van der Waals surface area contributed by atoms with Gasteiger partial charge < -0.3 is 9.84 Å². The lowest BCUT2D eigenvalue weighted by Crippen LogP contribution is -2.16. The lowest BCUT2D eigenvalue weighted by molar-refractivity contribution is -0.0498. The van der Waals surface area contributed by atoms with Crippen LogP contribution in [0.3, 0.4) is 0 Å². The molecule has 0 saturated heterocycles. The molecule has 0 fully saturated rings. The Hall–Kier alpha value is -3.04. The van der Waals surface area contributed by atoms with E-state index in [-0.39, 0.29) is 23.5 Å². The quantitative estimate of drug-likeness (QED) is 0.520. The second-order valence-corrected chi connectivity index (χ2v) is 4.57. The van der Waals surface area contributed by atoms with Crippen LogP contribution >= 0.6 is 0 Å². The second-order valence-electron chi connectivity index (χ2n) is 4.57. The molecule has 0 radical (unpaired) electrons. The maximum absolute atomic E-state index is 12.4. The summed E-state index contributed by atoms with van der Waals surface area (Å²) in [4.78, 5) is 24.6. The van der Waals surface area contributed by atoms with Gasteiger partial charge in [-0.2, -0.15) is 8.78 Å². The van der Waals surface area contributed by atoms with Crippen molar-refractivity contribution in [3.63, 3.8) is 0 Å². The number of carbonyl (C=O) groups is 2. The highest BCUT2D eigenvalue weighted by molar-refractivity contribution is 6.49. The Morgan fingerprint density at radius 3 is 2.33 bits per heavy atom. The summed E-state index contributed by atoms with van der Waals surface area (Å²) in [6, 6.07) is 11.1. The Morgan fingerprint density at radius 2 is 1.71 bits per heavy atom. The molecule has 6 heteroatoms. The molecule has 0 aliphatic heterocycles. The fourth-order valence-corrected chi connectivity index (χ4v) is 1.97. The summed E-state index contributed by atoms with van der Waals surface area (Å²) in [5.41, 5.74) is 0.477. The molecule has 0 aliphatic rings. The third-order valence-corrected chi connectivity index (χ3v) is 3.02. The molecule has 1 N–H and O–H groups in total. The van der Waals surface area contributed by atoms with Crippen molar-refractivity contribution in [3.8, 4) is 17.6 Å². The van der Waals surface area contributed by atoms with Crippen LogP contribution in [0.2, 0.25) is 0 Å². The van der Waals surface area contributed by atoms with Crippen molar-refractivity contribution >= 4 is 11.6 Å². The number of aliphatic hydroxyl groups excluding tert-OH is 1. The summed E-state index contributed by atoms with van der Waals surface area (Å²) >= 11 is 0. The number of rotatable bonds is 5. The Labute approximate surface area is 136 Å². The minimum Gasteiger partial charge on any atom is -0.435 e. The molecule has 0 aliphatic carbocycles. The molecule has 0 atom stereocenters. The highest BCUT2D eigenvalue weighted by atomic mass is 19.3. The molecular weight excluding hydrogens is 318 g/mol. The fourth-order valence-electron chi connectivity index (χ4n) is 1.97. The smallest absolute Gasteiger partial charge is 0.387 e. The Bertz CT molecular complexity index is 802. The first-order chi connectivity index (χ1) is 11.5. The van der Waals surface area contributed by atoms with Crippen LogP contribution in [0, 0.1) is 11.8 Å². The average Bonchev–Trinajstić information content (AvgIpc) is 2.59. The molecular formula is C18H12F2O4. The zero-order valence-corrected chi connectivity index (χ0v) is 12.3. The lowest BCUT2D eigenvalue weighted by Gasteiger charge is -2.06. The summed E-state index contributed by atoms with van der Waals surface area (Å²) in [7, 11) is 0. The van der Waals surface area contributed by atoms with Crippen molar-refractivity contribution < 1.29 is 28.2 Å². The Morgan fingerprint density at radius 1 is 1.04 bits per heavy atom. The minimum absolute atomic E-state index is 0.0477. The topological polar surface area (TPSA) is 63.6 Å². The van der Waals surface area contributed by atoms with Crippen LogP contribution in [0.15, 0.2) is 48.5 Å². The monoisotopic (exact) mass is 330 g/mol. The van der Waals surface area contributed by atoms with Crippen molar-refractivity contribution in [1.29, 1.82) is 0 Å². The van der Waals surface area contributed by atoms with Gasteiger partial charge in [0.25, 0.3) is 0 Å². The van der Waals surface area contributed by atoms with Crippen molar-refractivity contribution in [1.82, 2.24) is 0 Å². The van der Waals surface area contributed by atoms with Gasteiger partial charge in [0.1, 0.15) is 12.4 Å². The highest BCUT2D eigenvalue weighted by Gasteiger charge is 2.20. The van der Waals surface area contributed by atoms with E-state index in [0.29, 0.717) is 5.56 Å². The molecule has 0 saturated carbocycles. The molecule has 0 aromatic heterocycles. The van der Waals surface area contributed by atoms with Gasteiger partial charge in [0, 0.05) is 16.7 Å². The molecule has 2 aromatic carbocycles. The number of hydrogen-bond acceptors (Lipinski definition) is 4. The van der Waals surface area contributed by atoms with Crippen molar-refractivity contribution in [3.05, 3.63) is 65.2 Å². The van der Waals surface area contributed by atoms with Gasteiger partial charge in [-0.25, -0.2) is 0 Å². The second kappa shape index (κ2) is 7.99. The number of ketones is 2. The predicted octanol–water partition coefficient (Wildman–Crippen LogP) is 2.70. The van der Waals surface area contributed by atoms with Gasteiger partial charge >= 0.3 is 6.61 Å². The summed E-state index contributed by atoms with van der Waals surface area (Å²) in [5, 5.41) is 8.74. The van der Waals surface area contributed by atoms with Crippen LogP contribution in [0.4, 0.5) is 8.78 Å². The molecule has 4 nitrogen and oxygen atoms in total. The normalized spacial score (nSPS) is 10.0. The molecule has 0 heterocycles. The summed E-state index contributed by atoms with van der Waals surface area (Å²) in [6.07, 6.45) is 0. The molecule has 0 spiro atoms. The Balaban J connectivity index is 2.25. The summed E-state index contributed by atoms with van der Waals surface area (Å²) < 4.78 is 28.4. The van der Waals surface area contributed by atoms with Gasteiger partial charge in [-0.3, -0.25) is 9.59 Å². The van der Waals surface area contributed by atoms with E-state index >= 15 is 0 Å². The van der Waals surface area contributed by atoms with E-state index in [1.807, 2.05) is 0 Å². The van der Waals surface area contributed by atoms with E-state index in [1.165, 1.54) is 30.3 Å². The van der Waals surface area contributed by atoms with Gasteiger partial charge in [0.2, 0.25) is 11.6 Å². The van der Waals surface area contributed by atoms with E-state index in [4.69, 9.17) is 5.11 Å². The number of ether oxygens (including phenoxy) is 1. The van der Waals surface area contributed by atoms with Crippen LogP contribution in [-0.2, 0) is 0 Å². The molecule has 122 valence electrons. The minimum atomic E-state index is -2.97. The van der Waals surface area contributed by atoms with E-state index in [1.54, 1.807) is 18.2 Å². The number of aliphatic hydroxyl groups is 1. The van der Waals surface area contributed by atoms with Crippen molar-refractivity contribution in [2.24, 2.45) is 0 Å². The number of hydrogen-bond donors (Lipinski definition) is 1. The highest BCUT2D eigenvalue weighted by Crippen LogP contribution is 2.17. The third kappa shape index (κ3) is 4.24. The van der Waals surface area contributed by atoms with Gasteiger partial charge in [0.15, 0.2) is 0 Å². The molecule has 2 rings (SSSR count). The zero-order chi connectivity index (χ0) is 17.5. The zero-order valence-electron chi connectivity index (χ0n) is 12.3. The van der Waals surface area contributed by atoms with E-state index in [9.17, 15) is 18.4 Å². The largest absolute Gasteiger partial charge is 0.435 e. The number of halogens is 2. The van der Waals surface area contributed by atoms with Crippen LogP contribution < -0.4 is 4.74 Å². The first-order valence-electron chi connectivity index (χ1n) is 6.85. The van der Waals surface area contributed by atoms with Crippen LogP contribution in [0.1, 0.15) is 26.3 Å². The molecule has 2 aromatic rings. The molecule has 0 unspecified atom stereocenters. The van der Waals surface area contributed by atoms with Crippen LogP contribution in [0.5, 0.6) is 5.75 Å². The fraction of sp³-hybridized carbons (Fsp3) is 0.111. The first kappa shape index (κ1) is 17.3. The summed E-state index contributed by atoms with van der Waals surface area (Å²) in [5.74, 6) is 3.34. The maximum atomic E-state index is 12.4. The van der Waals surface area contributed by atoms with Gasteiger partial charge in [0.05, 0.1) is 0 Å². The third-order valence-electron chi connectivity index (χ3n) is 3.02. The maximum Gasteiger partial charge on any atom is 0.387 e. The van der Waals surface area contributed by atoms with Gasteiger partial charge in [-0.05, 0) is 36.4 Å². The number of benzene rings is 2. The average molecular weight is 330 g/mol. The van der Waals surface area contributed by atoms with Crippen LogP contribution in [0.25, 0.3) is 0 Å². The number of Topliss-reactive ketones (excluding diaryl/α,β-unsaturated/α-hetero) is 2. The van der Waals surface area contributed by atoms with Gasteiger partial charge in [-0.1, -0.05) is 24.0 Å². The molecule has 0 amide bonds. The standard InChI is InChI=1S/C18H12F2O4/c19-18(20)24-14-9-7-13(8-10-14)16(22)17(23)15-6-2-1-4-12(15)5-3-11-21/h1-2,4,6-10,18,21H,11H2. The first-order valence-corrected chi connectivity index (χ1v) is 6.85. The summed E-state index contributed by atoms with van der Waals surface area (Å²) in [6.45, 7) is -3.34. The Kier molecular flexibility index (Phi) is 5.77. The predicted molar refractivity (Wildman–Crippen MR) is 82.1 cm³/mol. The SMILES string of the molecule is O=C(C(=O)c1ccccc1C#CCO)c1ccc(OC(F)F)cc1. The van der Waals surface area contributed by atoms with E-state index in [0.717, 1.165) is 0 Å². The molecule has 0 bridgehead atoms. The van der Waals surface area contributed by atoms with Crippen molar-refractivity contribution in [2.75, 3.05) is 6.61 Å². The molecule has 24 heavy (non-hydrogen) atoms. The van der Waals surface area contributed by atoms with E-state index < -0.39 is 18.2 Å². The van der Waals surface area contributed by atoms with Gasteiger partial charge in [-0.15, -0.1) is 0 Å².